The predicted molar refractivity (Wildman–Crippen MR) is 49.3 cm³/mol. The molecule has 82 valence electrons. The molecule has 1 fully saturated rings. The number of rotatable bonds is 4. The van der Waals surface area contributed by atoms with Crippen molar-refractivity contribution in [3.05, 3.63) is 0 Å². The standard InChI is InChI=1S/C9H16F2N2O/c1-7(12-9(14)8(10)11)6-13-4-2-3-5-13/h7-8H,2-6H2,1H3,(H,12,14). The fourth-order valence-electron chi connectivity index (χ4n) is 1.70. The van der Waals surface area contributed by atoms with Crippen LogP contribution in [0.3, 0.4) is 0 Å². The Morgan fingerprint density at radius 2 is 2.00 bits per heavy atom. The number of halogens is 2. The third-order valence-corrected chi connectivity index (χ3v) is 2.32. The normalized spacial score (nSPS) is 20.0. The van der Waals surface area contributed by atoms with E-state index < -0.39 is 12.3 Å². The first-order chi connectivity index (χ1) is 6.59. The van der Waals surface area contributed by atoms with E-state index in [2.05, 4.69) is 10.2 Å². The quantitative estimate of drug-likeness (QED) is 0.739. The molecule has 3 nitrogen and oxygen atoms in total. The van der Waals surface area contributed by atoms with Gasteiger partial charge in [-0.05, 0) is 32.9 Å². The number of nitrogens with one attached hydrogen (secondary N) is 1. The van der Waals surface area contributed by atoms with Crippen LogP contribution in [0.15, 0.2) is 0 Å². The zero-order chi connectivity index (χ0) is 10.6. The summed E-state index contributed by atoms with van der Waals surface area (Å²) >= 11 is 0. The molecule has 1 heterocycles. The molecule has 0 radical (unpaired) electrons. The van der Waals surface area contributed by atoms with Gasteiger partial charge in [-0.3, -0.25) is 4.79 Å². The highest BCUT2D eigenvalue weighted by molar-refractivity contribution is 5.79. The molecule has 0 saturated carbocycles. The van der Waals surface area contributed by atoms with Crippen LogP contribution in [0.2, 0.25) is 0 Å². The van der Waals surface area contributed by atoms with Gasteiger partial charge in [-0.15, -0.1) is 0 Å². The van der Waals surface area contributed by atoms with E-state index in [1.54, 1.807) is 6.92 Å². The van der Waals surface area contributed by atoms with Gasteiger partial charge < -0.3 is 10.2 Å². The lowest BCUT2D eigenvalue weighted by atomic mass is 10.3. The SMILES string of the molecule is CC(CN1CCCC1)NC(=O)C(F)F. The van der Waals surface area contributed by atoms with Crippen molar-refractivity contribution in [1.29, 1.82) is 0 Å². The predicted octanol–water partition coefficient (Wildman–Crippen LogP) is 0.852. The lowest BCUT2D eigenvalue weighted by Crippen LogP contribution is -2.43. The molecule has 5 heteroatoms. The van der Waals surface area contributed by atoms with Crippen LogP contribution in [0.5, 0.6) is 0 Å². The Morgan fingerprint density at radius 3 is 2.50 bits per heavy atom. The smallest absolute Gasteiger partial charge is 0.315 e. The van der Waals surface area contributed by atoms with Crippen LogP contribution >= 0.6 is 0 Å². The molecule has 0 spiro atoms. The number of carbonyl (C=O) groups excluding carboxylic acids is 1. The topological polar surface area (TPSA) is 32.3 Å². The maximum atomic E-state index is 11.9. The average molecular weight is 206 g/mol. The number of carbonyl (C=O) groups is 1. The summed E-state index contributed by atoms with van der Waals surface area (Å²) < 4.78 is 23.8. The van der Waals surface area contributed by atoms with Gasteiger partial charge in [0, 0.05) is 12.6 Å². The van der Waals surface area contributed by atoms with Crippen molar-refractivity contribution in [3.8, 4) is 0 Å². The zero-order valence-corrected chi connectivity index (χ0v) is 8.30. The molecule has 0 aromatic heterocycles. The number of alkyl halides is 2. The lowest BCUT2D eigenvalue weighted by molar-refractivity contribution is -0.132. The van der Waals surface area contributed by atoms with Crippen molar-refractivity contribution in [3.63, 3.8) is 0 Å². The van der Waals surface area contributed by atoms with Gasteiger partial charge >= 0.3 is 6.43 Å². The van der Waals surface area contributed by atoms with Gasteiger partial charge in [-0.2, -0.15) is 8.78 Å². The minimum Gasteiger partial charge on any atom is -0.347 e. The summed E-state index contributed by atoms with van der Waals surface area (Å²) in [5.74, 6) is -1.17. The van der Waals surface area contributed by atoms with Gasteiger partial charge in [0.15, 0.2) is 0 Å². The molecule has 0 aliphatic carbocycles. The number of hydrogen-bond donors (Lipinski definition) is 1. The van der Waals surface area contributed by atoms with Crippen LogP contribution in [-0.4, -0.2) is 42.9 Å². The molecule has 1 amide bonds. The van der Waals surface area contributed by atoms with Crippen LogP contribution in [0.1, 0.15) is 19.8 Å². The van der Waals surface area contributed by atoms with Crippen LogP contribution in [-0.2, 0) is 4.79 Å². The van der Waals surface area contributed by atoms with Crippen LogP contribution in [0.25, 0.3) is 0 Å². The number of amides is 1. The third kappa shape index (κ3) is 3.57. The van der Waals surface area contributed by atoms with E-state index in [-0.39, 0.29) is 6.04 Å². The second-order valence-corrected chi connectivity index (χ2v) is 3.72. The van der Waals surface area contributed by atoms with E-state index in [1.807, 2.05) is 0 Å². The fraction of sp³-hybridized carbons (Fsp3) is 0.889. The highest BCUT2D eigenvalue weighted by Crippen LogP contribution is 2.07. The van der Waals surface area contributed by atoms with Crippen molar-refractivity contribution >= 4 is 5.91 Å². The van der Waals surface area contributed by atoms with E-state index in [9.17, 15) is 13.6 Å². The molecule has 1 N–H and O–H groups in total. The molecule has 1 atom stereocenters. The summed E-state index contributed by atoms with van der Waals surface area (Å²) in [7, 11) is 0. The van der Waals surface area contributed by atoms with Gasteiger partial charge in [0.1, 0.15) is 0 Å². The molecule has 1 unspecified atom stereocenters. The molecule has 1 aliphatic heterocycles. The first-order valence-electron chi connectivity index (χ1n) is 4.90. The number of hydrogen-bond acceptors (Lipinski definition) is 2. The Kier molecular flexibility index (Phi) is 4.25. The largest absolute Gasteiger partial charge is 0.347 e. The monoisotopic (exact) mass is 206 g/mol. The highest BCUT2D eigenvalue weighted by atomic mass is 19.3. The fourth-order valence-corrected chi connectivity index (χ4v) is 1.70. The molecule has 14 heavy (non-hydrogen) atoms. The Balaban J connectivity index is 2.20. The van der Waals surface area contributed by atoms with Crippen LogP contribution < -0.4 is 5.32 Å². The average Bonchev–Trinajstić information content (AvgIpc) is 2.56. The maximum Gasteiger partial charge on any atom is 0.315 e. The van der Waals surface area contributed by atoms with Crippen molar-refractivity contribution in [2.24, 2.45) is 0 Å². The third-order valence-electron chi connectivity index (χ3n) is 2.32. The molecule has 1 rings (SSSR count). The van der Waals surface area contributed by atoms with E-state index >= 15 is 0 Å². The summed E-state index contributed by atoms with van der Waals surface area (Å²) in [6.07, 6.45) is -0.582. The van der Waals surface area contributed by atoms with Crippen molar-refractivity contribution in [1.82, 2.24) is 10.2 Å². The van der Waals surface area contributed by atoms with Crippen LogP contribution in [0.4, 0.5) is 8.78 Å². The molecule has 1 saturated heterocycles. The minimum absolute atomic E-state index is 0.199. The van der Waals surface area contributed by atoms with E-state index in [0.717, 1.165) is 25.9 Å². The van der Waals surface area contributed by atoms with Gasteiger partial charge in [0.05, 0.1) is 0 Å². The summed E-state index contributed by atoms with van der Waals surface area (Å²) in [5.41, 5.74) is 0. The lowest BCUT2D eigenvalue weighted by Gasteiger charge is -2.20. The Bertz CT molecular complexity index is 193. The van der Waals surface area contributed by atoms with Crippen molar-refractivity contribution in [2.45, 2.75) is 32.2 Å². The maximum absolute atomic E-state index is 11.9. The molecule has 0 aromatic rings. The van der Waals surface area contributed by atoms with Crippen molar-refractivity contribution < 1.29 is 13.6 Å². The second-order valence-electron chi connectivity index (χ2n) is 3.72. The molecular weight excluding hydrogens is 190 g/mol. The van der Waals surface area contributed by atoms with Gasteiger partial charge in [-0.1, -0.05) is 0 Å². The summed E-state index contributed by atoms with van der Waals surface area (Å²) in [4.78, 5) is 12.8. The first kappa shape index (κ1) is 11.4. The van der Waals surface area contributed by atoms with Crippen molar-refractivity contribution in [2.75, 3.05) is 19.6 Å². The van der Waals surface area contributed by atoms with Crippen LogP contribution in [0, 0.1) is 0 Å². The molecular formula is C9H16F2N2O. The Morgan fingerprint density at radius 1 is 1.43 bits per heavy atom. The van der Waals surface area contributed by atoms with Gasteiger partial charge in [0.25, 0.3) is 5.91 Å². The molecule has 0 bridgehead atoms. The molecule has 1 aliphatic rings. The summed E-state index contributed by atoms with van der Waals surface area (Å²) in [6, 6.07) is -0.199. The van der Waals surface area contributed by atoms with Gasteiger partial charge in [0.2, 0.25) is 0 Å². The van der Waals surface area contributed by atoms with E-state index in [4.69, 9.17) is 0 Å². The summed E-state index contributed by atoms with van der Waals surface area (Å²) in [6.45, 7) is 4.43. The Labute approximate surface area is 82.5 Å². The first-order valence-corrected chi connectivity index (χ1v) is 4.90. The number of nitrogens with zero attached hydrogens (tertiary/aromatic N) is 1. The summed E-state index contributed by atoms with van der Waals surface area (Å²) in [5, 5.41) is 2.28. The van der Waals surface area contributed by atoms with E-state index in [0.29, 0.717) is 6.54 Å². The molecule has 0 aromatic carbocycles. The number of likely N-dealkylation sites (tertiary alicyclic amines) is 1. The Hall–Kier alpha value is -0.710. The van der Waals surface area contributed by atoms with Gasteiger partial charge in [-0.25, -0.2) is 0 Å². The second kappa shape index (κ2) is 5.24. The van der Waals surface area contributed by atoms with E-state index in [1.165, 1.54) is 0 Å². The highest BCUT2D eigenvalue weighted by Gasteiger charge is 2.20. The minimum atomic E-state index is -2.91. The zero-order valence-electron chi connectivity index (χ0n) is 8.30.